The van der Waals surface area contributed by atoms with E-state index in [2.05, 4.69) is 6.07 Å². The van der Waals surface area contributed by atoms with Crippen LogP contribution < -0.4 is 4.90 Å². The third-order valence-corrected chi connectivity index (χ3v) is 4.00. The number of benzene rings is 1. The standard InChI is InChI=1S/C15H18FNOS/c1-10-7-15(13(11(2)18)8-14(10)16)17(3)9-12-5-4-6-19-12/h4-8,11,18H,9H2,1-3H3. The Kier molecular flexibility index (Phi) is 4.22. The Balaban J connectivity index is 2.34. The summed E-state index contributed by atoms with van der Waals surface area (Å²) in [6.45, 7) is 4.15. The first-order valence-electron chi connectivity index (χ1n) is 6.20. The lowest BCUT2D eigenvalue weighted by atomic mass is 10.0. The van der Waals surface area contributed by atoms with E-state index in [1.807, 2.05) is 23.4 Å². The normalized spacial score (nSPS) is 12.5. The minimum Gasteiger partial charge on any atom is -0.389 e. The second-order valence-electron chi connectivity index (χ2n) is 4.77. The van der Waals surface area contributed by atoms with Gasteiger partial charge in [-0.3, -0.25) is 0 Å². The first kappa shape index (κ1) is 14.0. The molecule has 2 aromatic rings. The fourth-order valence-corrected chi connectivity index (χ4v) is 2.83. The molecule has 0 radical (unpaired) electrons. The molecule has 1 N–H and O–H groups in total. The van der Waals surface area contributed by atoms with E-state index in [0.29, 0.717) is 11.1 Å². The Labute approximate surface area is 117 Å². The van der Waals surface area contributed by atoms with Gasteiger partial charge in [-0.25, -0.2) is 4.39 Å². The van der Waals surface area contributed by atoms with Crippen LogP contribution >= 0.6 is 11.3 Å². The van der Waals surface area contributed by atoms with E-state index in [0.717, 1.165) is 12.2 Å². The van der Waals surface area contributed by atoms with Gasteiger partial charge in [0.1, 0.15) is 5.82 Å². The molecule has 4 heteroatoms. The average molecular weight is 279 g/mol. The summed E-state index contributed by atoms with van der Waals surface area (Å²) in [7, 11) is 1.96. The van der Waals surface area contributed by atoms with E-state index in [9.17, 15) is 9.50 Å². The summed E-state index contributed by atoms with van der Waals surface area (Å²) in [4.78, 5) is 3.28. The molecule has 0 saturated heterocycles. The molecule has 0 aliphatic rings. The van der Waals surface area contributed by atoms with Crippen molar-refractivity contribution >= 4 is 17.0 Å². The van der Waals surface area contributed by atoms with Crippen LogP contribution in [0.1, 0.15) is 29.0 Å². The smallest absolute Gasteiger partial charge is 0.126 e. The van der Waals surface area contributed by atoms with Crippen LogP contribution in [0.5, 0.6) is 0 Å². The minimum absolute atomic E-state index is 0.274. The fourth-order valence-electron chi connectivity index (χ4n) is 2.07. The predicted molar refractivity (Wildman–Crippen MR) is 78.2 cm³/mol. The van der Waals surface area contributed by atoms with Crippen LogP contribution in [0.15, 0.2) is 29.6 Å². The second kappa shape index (κ2) is 5.72. The highest BCUT2D eigenvalue weighted by atomic mass is 32.1. The van der Waals surface area contributed by atoms with Gasteiger partial charge in [0.15, 0.2) is 0 Å². The van der Waals surface area contributed by atoms with E-state index in [1.165, 1.54) is 10.9 Å². The Hall–Kier alpha value is -1.39. The summed E-state index contributed by atoms with van der Waals surface area (Å²) < 4.78 is 13.6. The van der Waals surface area contributed by atoms with Crippen LogP contribution in [0, 0.1) is 12.7 Å². The lowest BCUT2D eigenvalue weighted by Gasteiger charge is -2.24. The van der Waals surface area contributed by atoms with Gasteiger partial charge in [0.2, 0.25) is 0 Å². The van der Waals surface area contributed by atoms with Crippen molar-refractivity contribution in [3.05, 3.63) is 51.5 Å². The first-order valence-corrected chi connectivity index (χ1v) is 7.08. The van der Waals surface area contributed by atoms with Crippen LogP contribution in [0.3, 0.4) is 0 Å². The van der Waals surface area contributed by atoms with E-state index >= 15 is 0 Å². The van der Waals surface area contributed by atoms with Gasteiger partial charge in [-0.1, -0.05) is 6.07 Å². The van der Waals surface area contributed by atoms with E-state index in [4.69, 9.17) is 0 Å². The number of halogens is 1. The maximum absolute atomic E-state index is 13.6. The lowest BCUT2D eigenvalue weighted by molar-refractivity contribution is 0.199. The largest absolute Gasteiger partial charge is 0.389 e. The van der Waals surface area contributed by atoms with Gasteiger partial charge in [0.05, 0.1) is 12.6 Å². The van der Waals surface area contributed by atoms with Crippen molar-refractivity contribution in [2.24, 2.45) is 0 Å². The summed E-state index contributed by atoms with van der Waals surface area (Å²) in [6, 6.07) is 7.31. The molecule has 1 unspecified atom stereocenters. The monoisotopic (exact) mass is 279 g/mol. The number of anilines is 1. The van der Waals surface area contributed by atoms with Gasteiger partial charge in [-0.15, -0.1) is 11.3 Å². The summed E-state index contributed by atoms with van der Waals surface area (Å²) in [5.41, 5.74) is 2.10. The average Bonchev–Trinajstić information content (AvgIpc) is 2.84. The third-order valence-electron chi connectivity index (χ3n) is 3.14. The molecule has 1 atom stereocenters. The van der Waals surface area contributed by atoms with Crippen LogP contribution in [0.4, 0.5) is 10.1 Å². The SMILES string of the molecule is Cc1cc(N(C)Cc2cccs2)c(C(C)O)cc1F. The highest BCUT2D eigenvalue weighted by Gasteiger charge is 2.15. The van der Waals surface area contributed by atoms with Crippen LogP contribution in [-0.4, -0.2) is 12.2 Å². The molecule has 0 aliphatic heterocycles. The Morgan fingerprint density at radius 2 is 2.16 bits per heavy atom. The van der Waals surface area contributed by atoms with Crippen molar-refractivity contribution in [3.63, 3.8) is 0 Å². The van der Waals surface area contributed by atoms with E-state index in [1.54, 1.807) is 31.3 Å². The zero-order valence-corrected chi connectivity index (χ0v) is 12.2. The molecule has 0 bridgehead atoms. The predicted octanol–water partition coefficient (Wildman–Crippen LogP) is 3.89. The van der Waals surface area contributed by atoms with Crippen molar-refractivity contribution in [1.82, 2.24) is 0 Å². The summed E-state index contributed by atoms with van der Waals surface area (Å²) in [5, 5.41) is 11.8. The number of aliphatic hydroxyl groups is 1. The highest BCUT2D eigenvalue weighted by Crippen LogP contribution is 2.30. The van der Waals surface area contributed by atoms with Crippen molar-refractivity contribution < 1.29 is 9.50 Å². The van der Waals surface area contributed by atoms with Gasteiger partial charge in [-0.2, -0.15) is 0 Å². The van der Waals surface area contributed by atoms with Gasteiger partial charge < -0.3 is 10.0 Å². The van der Waals surface area contributed by atoms with Crippen molar-refractivity contribution in [2.75, 3.05) is 11.9 Å². The van der Waals surface area contributed by atoms with Gasteiger partial charge >= 0.3 is 0 Å². The maximum atomic E-state index is 13.6. The molecule has 102 valence electrons. The number of hydrogen-bond donors (Lipinski definition) is 1. The van der Waals surface area contributed by atoms with Gasteiger partial charge in [0.25, 0.3) is 0 Å². The zero-order chi connectivity index (χ0) is 14.0. The molecule has 0 spiro atoms. The van der Waals surface area contributed by atoms with E-state index < -0.39 is 6.10 Å². The number of rotatable bonds is 4. The summed E-state index contributed by atoms with van der Waals surface area (Å²) in [6.07, 6.45) is -0.684. The van der Waals surface area contributed by atoms with Gasteiger partial charge in [-0.05, 0) is 43.0 Å². The first-order chi connectivity index (χ1) is 8.99. The number of aliphatic hydroxyl groups excluding tert-OH is 1. The van der Waals surface area contributed by atoms with Crippen LogP contribution in [0.25, 0.3) is 0 Å². The molecule has 19 heavy (non-hydrogen) atoms. The Morgan fingerprint density at radius 3 is 2.74 bits per heavy atom. The third kappa shape index (κ3) is 3.14. The maximum Gasteiger partial charge on any atom is 0.126 e. The topological polar surface area (TPSA) is 23.5 Å². The van der Waals surface area contributed by atoms with Crippen molar-refractivity contribution in [1.29, 1.82) is 0 Å². The molecule has 0 amide bonds. The zero-order valence-electron chi connectivity index (χ0n) is 11.4. The Bertz CT molecular complexity index is 552. The summed E-state index contributed by atoms with van der Waals surface area (Å²) >= 11 is 1.69. The molecule has 1 aromatic carbocycles. The molecule has 1 heterocycles. The number of aryl methyl sites for hydroxylation is 1. The molecule has 1 aromatic heterocycles. The quantitative estimate of drug-likeness (QED) is 0.918. The molecule has 2 nitrogen and oxygen atoms in total. The number of nitrogens with zero attached hydrogens (tertiary/aromatic N) is 1. The molecular formula is C15H18FNOS. The second-order valence-corrected chi connectivity index (χ2v) is 5.80. The number of hydrogen-bond acceptors (Lipinski definition) is 3. The van der Waals surface area contributed by atoms with Crippen molar-refractivity contribution in [2.45, 2.75) is 26.5 Å². The molecular weight excluding hydrogens is 261 g/mol. The van der Waals surface area contributed by atoms with Crippen molar-refractivity contribution in [3.8, 4) is 0 Å². The van der Waals surface area contributed by atoms with Crippen LogP contribution in [0.2, 0.25) is 0 Å². The molecule has 0 fully saturated rings. The molecule has 2 rings (SSSR count). The lowest BCUT2D eigenvalue weighted by Crippen LogP contribution is -2.18. The minimum atomic E-state index is -0.684. The van der Waals surface area contributed by atoms with E-state index in [-0.39, 0.29) is 5.82 Å². The Morgan fingerprint density at radius 1 is 1.42 bits per heavy atom. The van der Waals surface area contributed by atoms with Crippen LogP contribution in [-0.2, 0) is 6.54 Å². The summed E-state index contributed by atoms with van der Waals surface area (Å²) in [5.74, 6) is -0.274. The number of thiophene rings is 1. The van der Waals surface area contributed by atoms with Gasteiger partial charge in [0, 0.05) is 23.2 Å². The molecule has 0 aliphatic carbocycles. The fraction of sp³-hybridized carbons (Fsp3) is 0.333. The highest BCUT2D eigenvalue weighted by molar-refractivity contribution is 7.09. The molecule has 0 saturated carbocycles.